The van der Waals surface area contributed by atoms with Crippen molar-refractivity contribution in [3.63, 3.8) is 0 Å². The van der Waals surface area contributed by atoms with Crippen LogP contribution in [0.15, 0.2) is 82.4 Å². The van der Waals surface area contributed by atoms with Crippen molar-refractivity contribution in [2.24, 2.45) is 5.10 Å². The van der Waals surface area contributed by atoms with E-state index in [1.165, 1.54) is 24.4 Å². The van der Waals surface area contributed by atoms with Crippen molar-refractivity contribution in [3.05, 3.63) is 88.4 Å². The number of rotatable bonds is 5. The molecule has 0 radical (unpaired) electrons. The summed E-state index contributed by atoms with van der Waals surface area (Å²) in [5.41, 5.74) is 3.38. The van der Waals surface area contributed by atoms with Gasteiger partial charge in [-0.1, -0.05) is 46.3 Å². The van der Waals surface area contributed by atoms with E-state index >= 15 is 0 Å². The highest BCUT2D eigenvalue weighted by Gasteiger charge is 2.17. The van der Waals surface area contributed by atoms with Crippen LogP contribution in [0.1, 0.15) is 15.9 Å². The molecule has 3 aromatic carbocycles. The van der Waals surface area contributed by atoms with Gasteiger partial charge in [0.25, 0.3) is 5.91 Å². The number of halogens is 1. The summed E-state index contributed by atoms with van der Waals surface area (Å²) in [5.74, 6) is -2.52. The van der Waals surface area contributed by atoms with E-state index in [-0.39, 0.29) is 17.0 Å². The first kappa shape index (κ1) is 21.7. The van der Waals surface area contributed by atoms with Crippen LogP contribution in [0.5, 0.6) is 5.75 Å². The lowest BCUT2D eigenvalue weighted by Gasteiger charge is -2.11. The lowest BCUT2D eigenvalue weighted by molar-refractivity contribution is -0.136. The summed E-state index contributed by atoms with van der Waals surface area (Å²) < 4.78 is 0.709. The number of amides is 3. The number of hydrogen-bond donors (Lipinski definition) is 4. The van der Waals surface area contributed by atoms with Gasteiger partial charge in [0, 0.05) is 15.7 Å². The Hall–Kier alpha value is -3.98. The molecule has 0 aliphatic carbocycles. The third-order valence-electron chi connectivity index (χ3n) is 4.02. The molecule has 8 nitrogen and oxygen atoms in total. The van der Waals surface area contributed by atoms with Crippen molar-refractivity contribution in [1.82, 2.24) is 5.43 Å². The zero-order chi connectivity index (χ0) is 22.2. The number of phenols is 1. The van der Waals surface area contributed by atoms with Gasteiger partial charge in [-0.25, -0.2) is 5.43 Å². The molecule has 0 spiro atoms. The van der Waals surface area contributed by atoms with Crippen LogP contribution in [0.2, 0.25) is 0 Å². The SMILES string of the molecule is O=C(N/N=C/c1cc(Br)ccc1O)C(=O)Nc1ccccc1C(=O)Nc1ccccc1. The first-order valence-electron chi connectivity index (χ1n) is 9.02. The van der Waals surface area contributed by atoms with Crippen molar-refractivity contribution < 1.29 is 19.5 Å². The molecule has 0 fully saturated rings. The first-order valence-corrected chi connectivity index (χ1v) is 9.81. The van der Waals surface area contributed by atoms with Gasteiger partial charge in [-0.05, 0) is 42.5 Å². The second-order valence-electron chi connectivity index (χ2n) is 6.22. The number of nitrogens with zero attached hydrogens (tertiary/aromatic N) is 1. The third kappa shape index (κ3) is 6.00. The van der Waals surface area contributed by atoms with Gasteiger partial charge in [-0.3, -0.25) is 14.4 Å². The molecule has 9 heteroatoms. The quantitative estimate of drug-likeness (QED) is 0.253. The number of benzene rings is 3. The zero-order valence-electron chi connectivity index (χ0n) is 16.0. The molecule has 3 rings (SSSR count). The fraction of sp³-hybridized carbons (Fsp3) is 0. The van der Waals surface area contributed by atoms with Gasteiger partial charge in [0.2, 0.25) is 0 Å². The van der Waals surface area contributed by atoms with Crippen LogP contribution in [0.25, 0.3) is 0 Å². The fourth-order valence-corrected chi connectivity index (χ4v) is 2.91. The smallest absolute Gasteiger partial charge is 0.329 e. The van der Waals surface area contributed by atoms with Crippen molar-refractivity contribution >= 4 is 51.2 Å². The monoisotopic (exact) mass is 480 g/mol. The molecule has 0 aliphatic heterocycles. The highest BCUT2D eigenvalue weighted by atomic mass is 79.9. The fourth-order valence-electron chi connectivity index (χ4n) is 2.53. The van der Waals surface area contributed by atoms with Crippen LogP contribution in [0, 0.1) is 0 Å². The average molecular weight is 481 g/mol. The number of phenolic OH excluding ortho intramolecular Hbond substituents is 1. The molecule has 3 amide bonds. The summed E-state index contributed by atoms with van der Waals surface area (Å²) in [7, 11) is 0. The first-order chi connectivity index (χ1) is 14.9. The Bertz CT molecular complexity index is 1150. The number of para-hydroxylation sites is 2. The van der Waals surface area contributed by atoms with E-state index in [1.807, 2.05) is 6.07 Å². The topological polar surface area (TPSA) is 120 Å². The Morgan fingerprint density at radius 2 is 1.58 bits per heavy atom. The molecule has 3 aromatic rings. The molecule has 0 saturated heterocycles. The lowest BCUT2D eigenvalue weighted by Crippen LogP contribution is -2.33. The Labute approximate surface area is 186 Å². The molecular formula is C22H17BrN4O4. The normalized spacial score (nSPS) is 10.5. The summed E-state index contributed by atoms with van der Waals surface area (Å²) in [5, 5.41) is 18.5. The van der Waals surface area contributed by atoms with Crippen molar-refractivity contribution in [3.8, 4) is 5.75 Å². The number of anilines is 2. The summed E-state index contributed by atoms with van der Waals surface area (Å²) in [6.07, 6.45) is 1.20. The molecule has 0 saturated carbocycles. The maximum absolute atomic E-state index is 12.6. The van der Waals surface area contributed by atoms with E-state index in [2.05, 4.69) is 37.1 Å². The minimum absolute atomic E-state index is 0.0380. The molecule has 156 valence electrons. The molecular weight excluding hydrogens is 464 g/mol. The minimum atomic E-state index is -1.04. The van der Waals surface area contributed by atoms with Crippen LogP contribution in [-0.4, -0.2) is 29.0 Å². The maximum Gasteiger partial charge on any atom is 0.329 e. The molecule has 0 bridgehead atoms. The largest absolute Gasteiger partial charge is 0.507 e. The van der Waals surface area contributed by atoms with Crippen LogP contribution in [0.3, 0.4) is 0 Å². The number of hydrazone groups is 1. The Morgan fingerprint density at radius 1 is 0.871 bits per heavy atom. The average Bonchev–Trinajstić information content (AvgIpc) is 2.77. The molecule has 0 heterocycles. The van der Waals surface area contributed by atoms with Gasteiger partial charge in [0.15, 0.2) is 0 Å². The molecule has 0 unspecified atom stereocenters. The van der Waals surface area contributed by atoms with Crippen LogP contribution < -0.4 is 16.1 Å². The highest BCUT2D eigenvalue weighted by Crippen LogP contribution is 2.20. The Kier molecular flexibility index (Phi) is 7.13. The molecule has 31 heavy (non-hydrogen) atoms. The standard InChI is InChI=1S/C22H17BrN4O4/c23-15-10-11-19(28)14(12-15)13-24-27-22(31)21(30)26-18-9-5-4-8-17(18)20(29)25-16-6-2-1-3-7-16/h1-13,28H,(H,25,29)(H,26,30)(H,27,31)/b24-13+. The lowest BCUT2D eigenvalue weighted by atomic mass is 10.1. The van der Waals surface area contributed by atoms with Gasteiger partial charge in [0.05, 0.1) is 17.5 Å². The summed E-state index contributed by atoms with van der Waals surface area (Å²) in [6, 6.07) is 19.8. The summed E-state index contributed by atoms with van der Waals surface area (Å²) >= 11 is 3.26. The highest BCUT2D eigenvalue weighted by molar-refractivity contribution is 9.10. The maximum atomic E-state index is 12.6. The van der Waals surface area contributed by atoms with Crippen molar-refractivity contribution in [2.45, 2.75) is 0 Å². The predicted octanol–water partition coefficient (Wildman–Crippen LogP) is 3.50. The Morgan fingerprint density at radius 3 is 2.35 bits per heavy atom. The second-order valence-corrected chi connectivity index (χ2v) is 7.14. The molecule has 0 atom stereocenters. The van der Waals surface area contributed by atoms with Crippen molar-refractivity contribution in [2.75, 3.05) is 10.6 Å². The van der Waals surface area contributed by atoms with E-state index in [0.29, 0.717) is 15.7 Å². The van der Waals surface area contributed by atoms with E-state index in [1.54, 1.807) is 48.5 Å². The molecule has 0 aromatic heterocycles. The van der Waals surface area contributed by atoms with Gasteiger partial charge >= 0.3 is 11.8 Å². The number of carbonyl (C=O) groups is 3. The van der Waals surface area contributed by atoms with E-state index < -0.39 is 17.7 Å². The van der Waals surface area contributed by atoms with Gasteiger partial charge in [0.1, 0.15) is 5.75 Å². The number of nitrogens with one attached hydrogen (secondary N) is 3. The van der Waals surface area contributed by atoms with Gasteiger partial charge < -0.3 is 15.7 Å². The zero-order valence-corrected chi connectivity index (χ0v) is 17.6. The van der Waals surface area contributed by atoms with Crippen LogP contribution >= 0.6 is 15.9 Å². The van der Waals surface area contributed by atoms with Crippen molar-refractivity contribution in [1.29, 1.82) is 0 Å². The van der Waals surface area contributed by atoms with Gasteiger partial charge in [-0.2, -0.15) is 5.10 Å². The summed E-state index contributed by atoms with van der Waals surface area (Å²) in [6.45, 7) is 0. The van der Waals surface area contributed by atoms with Crippen LogP contribution in [-0.2, 0) is 9.59 Å². The van der Waals surface area contributed by atoms with E-state index in [0.717, 1.165) is 0 Å². The second kappa shape index (κ2) is 10.2. The number of hydrogen-bond acceptors (Lipinski definition) is 5. The van der Waals surface area contributed by atoms with Crippen LogP contribution in [0.4, 0.5) is 11.4 Å². The van der Waals surface area contributed by atoms with E-state index in [4.69, 9.17) is 0 Å². The Balaban J connectivity index is 1.65. The molecule has 4 N–H and O–H groups in total. The van der Waals surface area contributed by atoms with E-state index in [9.17, 15) is 19.5 Å². The molecule has 0 aliphatic rings. The summed E-state index contributed by atoms with van der Waals surface area (Å²) in [4.78, 5) is 36.8. The minimum Gasteiger partial charge on any atom is -0.507 e. The number of aromatic hydroxyl groups is 1. The predicted molar refractivity (Wildman–Crippen MR) is 121 cm³/mol. The van der Waals surface area contributed by atoms with Gasteiger partial charge in [-0.15, -0.1) is 0 Å². The number of carbonyl (C=O) groups excluding carboxylic acids is 3. The third-order valence-corrected chi connectivity index (χ3v) is 4.51.